The van der Waals surface area contributed by atoms with Crippen LogP contribution in [0.1, 0.15) is 23.2 Å². The lowest BCUT2D eigenvalue weighted by molar-refractivity contribution is -0.117. The molecule has 0 spiro atoms. The number of fused-ring (bicyclic) bond motifs is 1. The molecule has 28 heavy (non-hydrogen) atoms. The number of halogens is 1. The summed E-state index contributed by atoms with van der Waals surface area (Å²) in [6, 6.07) is 11.0. The van der Waals surface area contributed by atoms with Crippen LogP contribution in [0, 0.1) is 11.7 Å². The molecule has 1 amide bonds. The Kier molecular flexibility index (Phi) is 5.25. The average Bonchev–Trinajstić information content (AvgIpc) is 3.16. The molecule has 6 nitrogen and oxygen atoms in total. The summed E-state index contributed by atoms with van der Waals surface area (Å²) in [5, 5.41) is 2.87. The molecule has 0 unspecified atom stereocenters. The fraction of sp³-hybridized carbons (Fsp3) is 0.333. The molecule has 7 heteroatoms. The smallest absolute Gasteiger partial charge is 0.238 e. The van der Waals surface area contributed by atoms with Gasteiger partial charge in [-0.25, -0.2) is 4.39 Å². The van der Waals surface area contributed by atoms with E-state index in [-0.39, 0.29) is 36.8 Å². The van der Waals surface area contributed by atoms with E-state index in [9.17, 15) is 14.0 Å². The molecule has 4 rings (SSSR count). The van der Waals surface area contributed by atoms with Crippen molar-refractivity contribution in [3.05, 3.63) is 53.8 Å². The second-order valence-electron chi connectivity index (χ2n) is 7.04. The Morgan fingerprint density at radius 2 is 1.75 bits per heavy atom. The second-order valence-corrected chi connectivity index (χ2v) is 7.04. The number of likely N-dealkylation sites (tertiary alicyclic amines) is 1. The van der Waals surface area contributed by atoms with Crippen molar-refractivity contribution in [3.8, 4) is 11.5 Å². The Morgan fingerprint density at radius 1 is 1.04 bits per heavy atom. The van der Waals surface area contributed by atoms with E-state index in [0.717, 1.165) is 0 Å². The third-order valence-electron chi connectivity index (χ3n) is 5.11. The number of hydrogen-bond acceptors (Lipinski definition) is 5. The van der Waals surface area contributed by atoms with E-state index in [4.69, 9.17) is 9.47 Å². The van der Waals surface area contributed by atoms with Gasteiger partial charge in [0.1, 0.15) is 5.82 Å². The fourth-order valence-corrected chi connectivity index (χ4v) is 3.58. The molecule has 1 N–H and O–H groups in total. The van der Waals surface area contributed by atoms with Gasteiger partial charge in [-0.15, -0.1) is 0 Å². The number of hydrogen-bond donors (Lipinski definition) is 1. The van der Waals surface area contributed by atoms with Crippen molar-refractivity contribution >= 4 is 17.4 Å². The van der Waals surface area contributed by atoms with Crippen LogP contribution in [-0.2, 0) is 4.79 Å². The van der Waals surface area contributed by atoms with Crippen LogP contribution in [0.2, 0.25) is 0 Å². The van der Waals surface area contributed by atoms with Crippen LogP contribution in [0.5, 0.6) is 11.5 Å². The molecule has 2 aliphatic rings. The third kappa shape index (κ3) is 4.14. The predicted molar refractivity (Wildman–Crippen MR) is 101 cm³/mol. The average molecular weight is 384 g/mol. The number of amides is 1. The largest absolute Gasteiger partial charge is 0.454 e. The van der Waals surface area contributed by atoms with Crippen molar-refractivity contribution in [3.63, 3.8) is 0 Å². The maximum Gasteiger partial charge on any atom is 0.238 e. The van der Waals surface area contributed by atoms with Gasteiger partial charge in [-0.2, -0.15) is 0 Å². The molecular weight excluding hydrogens is 363 g/mol. The molecule has 2 heterocycles. The van der Waals surface area contributed by atoms with Crippen molar-refractivity contribution < 1.29 is 23.5 Å². The monoisotopic (exact) mass is 384 g/mol. The van der Waals surface area contributed by atoms with E-state index in [0.29, 0.717) is 48.7 Å². The topological polar surface area (TPSA) is 67.9 Å². The number of carbonyl (C=O) groups is 2. The molecule has 2 aromatic carbocycles. The lowest BCUT2D eigenvalue weighted by atomic mass is 9.89. The van der Waals surface area contributed by atoms with Crippen molar-refractivity contribution in [2.24, 2.45) is 5.92 Å². The Balaban J connectivity index is 1.26. The van der Waals surface area contributed by atoms with Crippen LogP contribution in [0.4, 0.5) is 10.1 Å². The van der Waals surface area contributed by atoms with Crippen LogP contribution in [0.3, 0.4) is 0 Å². The van der Waals surface area contributed by atoms with Crippen molar-refractivity contribution in [2.75, 3.05) is 31.7 Å². The van der Waals surface area contributed by atoms with E-state index in [1.807, 2.05) is 4.90 Å². The summed E-state index contributed by atoms with van der Waals surface area (Å²) in [5.41, 5.74) is 1.20. The highest BCUT2D eigenvalue weighted by Gasteiger charge is 2.26. The predicted octanol–water partition coefficient (Wildman–Crippen LogP) is 3.09. The zero-order valence-corrected chi connectivity index (χ0v) is 15.3. The number of nitrogens with one attached hydrogen (secondary N) is 1. The molecule has 1 saturated heterocycles. The Bertz CT molecular complexity index is 876. The van der Waals surface area contributed by atoms with Gasteiger partial charge >= 0.3 is 0 Å². The number of ketones is 1. The molecule has 0 bridgehead atoms. The summed E-state index contributed by atoms with van der Waals surface area (Å²) in [6.45, 7) is 1.81. The van der Waals surface area contributed by atoms with Crippen molar-refractivity contribution in [1.82, 2.24) is 4.90 Å². The number of nitrogens with zero attached hydrogens (tertiary/aromatic N) is 1. The number of carbonyl (C=O) groups excluding carboxylic acids is 2. The minimum atomic E-state index is -0.347. The Hall–Kier alpha value is -2.93. The Labute approximate surface area is 162 Å². The minimum absolute atomic E-state index is 0.0458. The van der Waals surface area contributed by atoms with Crippen molar-refractivity contribution in [1.29, 1.82) is 0 Å². The van der Waals surface area contributed by atoms with Crippen LogP contribution in [-0.4, -0.2) is 43.0 Å². The van der Waals surface area contributed by atoms with Crippen LogP contribution < -0.4 is 14.8 Å². The maximum absolute atomic E-state index is 13.0. The lowest BCUT2D eigenvalue weighted by Gasteiger charge is -2.30. The summed E-state index contributed by atoms with van der Waals surface area (Å²) in [4.78, 5) is 26.9. The number of benzene rings is 2. The number of piperidine rings is 1. The maximum atomic E-state index is 13.0. The first-order valence-electron chi connectivity index (χ1n) is 9.30. The molecule has 1 fully saturated rings. The first kappa shape index (κ1) is 18.4. The zero-order chi connectivity index (χ0) is 19.5. The molecule has 0 atom stereocenters. The summed E-state index contributed by atoms with van der Waals surface area (Å²) in [7, 11) is 0. The minimum Gasteiger partial charge on any atom is -0.454 e. The van der Waals surface area contributed by atoms with Gasteiger partial charge in [-0.05, 0) is 62.3 Å². The Morgan fingerprint density at radius 3 is 2.50 bits per heavy atom. The van der Waals surface area contributed by atoms with E-state index >= 15 is 0 Å². The van der Waals surface area contributed by atoms with Gasteiger partial charge < -0.3 is 14.8 Å². The number of anilines is 1. The lowest BCUT2D eigenvalue weighted by Crippen LogP contribution is -2.40. The normalized spacial score (nSPS) is 16.8. The standard InChI is InChI=1S/C21H21FN2O4/c22-16-3-1-14(2-4-16)21(26)15-7-9-24(10-8-15)12-20(25)23-17-5-6-18-19(11-17)28-13-27-18/h1-6,11,15H,7-10,12-13H2,(H,23,25). The van der Waals surface area contributed by atoms with Gasteiger partial charge in [0.2, 0.25) is 12.7 Å². The molecule has 0 aromatic heterocycles. The molecule has 0 radical (unpaired) electrons. The number of rotatable bonds is 5. The van der Waals surface area contributed by atoms with E-state index in [1.165, 1.54) is 24.3 Å². The molecule has 0 aliphatic carbocycles. The fourth-order valence-electron chi connectivity index (χ4n) is 3.58. The first-order chi connectivity index (χ1) is 13.6. The molecular formula is C21H21FN2O4. The highest BCUT2D eigenvalue weighted by Crippen LogP contribution is 2.34. The van der Waals surface area contributed by atoms with E-state index < -0.39 is 0 Å². The van der Waals surface area contributed by atoms with Gasteiger partial charge in [0.05, 0.1) is 6.54 Å². The highest BCUT2D eigenvalue weighted by atomic mass is 19.1. The first-order valence-corrected chi connectivity index (χ1v) is 9.30. The summed E-state index contributed by atoms with van der Waals surface area (Å²) < 4.78 is 23.6. The van der Waals surface area contributed by atoms with Crippen LogP contribution in [0.15, 0.2) is 42.5 Å². The van der Waals surface area contributed by atoms with Gasteiger partial charge in [0.25, 0.3) is 0 Å². The zero-order valence-electron chi connectivity index (χ0n) is 15.3. The number of ether oxygens (including phenoxy) is 2. The third-order valence-corrected chi connectivity index (χ3v) is 5.11. The summed E-state index contributed by atoms with van der Waals surface area (Å²) in [5.74, 6) is 0.800. The second kappa shape index (κ2) is 7.98. The number of Topliss-reactive ketones (excluding diaryl/α,β-unsaturated/α-hetero) is 1. The molecule has 2 aliphatic heterocycles. The van der Waals surface area contributed by atoms with Gasteiger partial charge in [-0.1, -0.05) is 0 Å². The summed E-state index contributed by atoms with van der Waals surface area (Å²) >= 11 is 0. The molecule has 146 valence electrons. The van der Waals surface area contributed by atoms with E-state index in [1.54, 1.807) is 18.2 Å². The highest BCUT2D eigenvalue weighted by molar-refractivity contribution is 5.98. The van der Waals surface area contributed by atoms with Crippen LogP contribution >= 0.6 is 0 Å². The molecule has 2 aromatic rings. The SMILES string of the molecule is O=C(CN1CCC(C(=O)c2ccc(F)cc2)CC1)Nc1ccc2c(c1)OCO2. The van der Waals surface area contributed by atoms with Gasteiger partial charge in [0, 0.05) is 23.2 Å². The van der Waals surface area contributed by atoms with E-state index in [2.05, 4.69) is 5.32 Å². The van der Waals surface area contributed by atoms with Crippen molar-refractivity contribution in [2.45, 2.75) is 12.8 Å². The summed E-state index contributed by atoms with van der Waals surface area (Å²) in [6.07, 6.45) is 1.38. The molecule has 0 saturated carbocycles. The van der Waals surface area contributed by atoms with Crippen LogP contribution in [0.25, 0.3) is 0 Å². The quantitative estimate of drug-likeness (QED) is 0.803. The van der Waals surface area contributed by atoms with Gasteiger partial charge in [0.15, 0.2) is 17.3 Å². The van der Waals surface area contributed by atoms with Gasteiger partial charge in [-0.3, -0.25) is 14.5 Å².